The van der Waals surface area contributed by atoms with Gasteiger partial charge in [-0.25, -0.2) is 13.2 Å². The summed E-state index contributed by atoms with van der Waals surface area (Å²) in [6.07, 6.45) is -2.46. The summed E-state index contributed by atoms with van der Waals surface area (Å²) < 4.78 is 39.0. The highest BCUT2D eigenvalue weighted by Crippen LogP contribution is 2.27. The quantitative estimate of drug-likeness (QED) is 0.875. The Morgan fingerprint density at radius 3 is 2.18 bits per heavy atom. The molecule has 0 aromatic heterocycles. The van der Waals surface area contributed by atoms with E-state index in [9.17, 15) is 13.2 Å². The minimum atomic E-state index is -2.46. The molecule has 5 heteroatoms. The first kappa shape index (κ1) is 12.4. The molecule has 1 saturated heterocycles. The summed E-state index contributed by atoms with van der Waals surface area (Å²) in [6.45, 7) is 2.60. The molecule has 1 N–H and O–H groups in total. The molecule has 17 heavy (non-hydrogen) atoms. The van der Waals surface area contributed by atoms with Crippen LogP contribution in [0.1, 0.15) is 11.6 Å². The van der Waals surface area contributed by atoms with Gasteiger partial charge in [-0.3, -0.25) is 4.90 Å². The summed E-state index contributed by atoms with van der Waals surface area (Å²) in [7, 11) is 0. The van der Waals surface area contributed by atoms with Crippen molar-refractivity contribution in [2.45, 2.75) is 12.5 Å². The van der Waals surface area contributed by atoms with E-state index < -0.39 is 18.3 Å². The Morgan fingerprint density at radius 2 is 1.65 bits per heavy atom. The average molecular weight is 244 g/mol. The molecule has 0 aliphatic carbocycles. The molecule has 0 bridgehead atoms. The third-order valence-electron chi connectivity index (χ3n) is 3.00. The van der Waals surface area contributed by atoms with Crippen molar-refractivity contribution in [1.82, 2.24) is 10.2 Å². The second kappa shape index (κ2) is 5.51. The first-order valence-electron chi connectivity index (χ1n) is 5.67. The van der Waals surface area contributed by atoms with E-state index in [2.05, 4.69) is 5.32 Å². The summed E-state index contributed by atoms with van der Waals surface area (Å²) in [6, 6.07) is 4.40. The molecule has 94 valence electrons. The third-order valence-corrected chi connectivity index (χ3v) is 3.00. The molecular formula is C12H15F3N2. The fourth-order valence-corrected chi connectivity index (χ4v) is 2.14. The smallest absolute Gasteiger partial charge is 0.258 e. The molecular weight excluding hydrogens is 229 g/mol. The predicted molar refractivity (Wildman–Crippen MR) is 59.6 cm³/mol. The topological polar surface area (TPSA) is 15.3 Å². The summed E-state index contributed by atoms with van der Waals surface area (Å²) in [4.78, 5) is 1.74. The lowest BCUT2D eigenvalue weighted by atomic mass is 10.0. The molecule has 1 heterocycles. The van der Waals surface area contributed by atoms with Gasteiger partial charge < -0.3 is 5.32 Å². The van der Waals surface area contributed by atoms with Crippen LogP contribution in [0.3, 0.4) is 0 Å². The highest BCUT2D eigenvalue weighted by molar-refractivity contribution is 5.21. The number of nitrogens with one attached hydrogen (secondary N) is 1. The molecule has 0 radical (unpaired) electrons. The molecule has 1 aliphatic rings. The second-order valence-electron chi connectivity index (χ2n) is 4.12. The van der Waals surface area contributed by atoms with Gasteiger partial charge in [0.15, 0.2) is 0 Å². The zero-order chi connectivity index (χ0) is 12.3. The molecule has 1 atom stereocenters. The molecule has 1 aliphatic heterocycles. The molecule has 2 nitrogen and oxygen atoms in total. The lowest BCUT2D eigenvalue weighted by Gasteiger charge is -2.34. The minimum absolute atomic E-state index is 0.401. The molecule has 0 amide bonds. The van der Waals surface area contributed by atoms with Crippen molar-refractivity contribution in [2.24, 2.45) is 0 Å². The fraction of sp³-hybridized carbons (Fsp3) is 0.500. The Labute approximate surface area is 98.4 Å². The Morgan fingerprint density at radius 1 is 1.06 bits per heavy atom. The van der Waals surface area contributed by atoms with E-state index in [0.29, 0.717) is 31.7 Å². The largest absolute Gasteiger partial charge is 0.314 e. The summed E-state index contributed by atoms with van der Waals surface area (Å²) in [5, 5.41) is 3.12. The molecule has 0 saturated carbocycles. The van der Waals surface area contributed by atoms with Crippen LogP contribution in [0.25, 0.3) is 0 Å². The van der Waals surface area contributed by atoms with Crippen LogP contribution in [0.2, 0.25) is 0 Å². The van der Waals surface area contributed by atoms with Crippen molar-refractivity contribution >= 4 is 0 Å². The molecule has 1 aromatic carbocycles. The maximum Gasteiger partial charge on any atom is 0.258 e. The van der Waals surface area contributed by atoms with E-state index in [1.165, 1.54) is 24.3 Å². The van der Waals surface area contributed by atoms with Crippen LogP contribution in [-0.2, 0) is 0 Å². The number of alkyl halides is 2. The highest BCUT2D eigenvalue weighted by atomic mass is 19.3. The normalized spacial score (nSPS) is 19.5. The number of benzene rings is 1. The molecule has 1 aromatic rings. The molecule has 1 fully saturated rings. The van der Waals surface area contributed by atoms with Crippen molar-refractivity contribution in [1.29, 1.82) is 0 Å². The van der Waals surface area contributed by atoms with Gasteiger partial charge in [0.25, 0.3) is 6.43 Å². The number of nitrogens with zero attached hydrogens (tertiary/aromatic N) is 1. The molecule has 0 spiro atoms. The van der Waals surface area contributed by atoms with Gasteiger partial charge >= 0.3 is 0 Å². The zero-order valence-corrected chi connectivity index (χ0v) is 9.37. The lowest BCUT2D eigenvalue weighted by Crippen LogP contribution is -2.46. The van der Waals surface area contributed by atoms with Gasteiger partial charge in [0.1, 0.15) is 5.82 Å². The SMILES string of the molecule is Fc1ccc([C@H](C(F)F)N2CCNCC2)cc1. The maximum atomic E-state index is 13.1. The van der Waals surface area contributed by atoms with Gasteiger partial charge in [-0.15, -0.1) is 0 Å². The monoisotopic (exact) mass is 244 g/mol. The summed E-state index contributed by atoms with van der Waals surface area (Å²) >= 11 is 0. The summed E-state index contributed by atoms with van der Waals surface area (Å²) in [5.74, 6) is -0.401. The number of piperazine rings is 1. The van der Waals surface area contributed by atoms with Crippen LogP contribution >= 0.6 is 0 Å². The number of halogens is 3. The lowest BCUT2D eigenvalue weighted by molar-refractivity contribution is 0.0181. The van der Waals surface area contributed by atoms with Gasteiger partial charge in [-0.05, 0) is 17.7 Å². The Hall–Kier alpha value is -1.07. The van der Waals surface area contributed by atoms with Crippen LogP contribution in [0.5, 0.6) is 0 Å². The number of rotatable bonds is 3. The highest BCUT2D eigenvalue weighted by Gasteiger charge is 2.29. The van der Waals surface area contributed by atoms with E-state index in [0.717, 1.165) is 0 Å². The van der Waals surface area contributed by atoms with Gasteiger partial charge in [-0.2, -0.15) is 0 Å². The van der Waals surface area contributed by atoms with Crippen LogP contribution in [0.4, 0.5) is 13.2 Å². The number of hydrogen-bond acceptors (Lipinski definition) is 2. The van der Waals surface area contributed by atoms with E-state index in [4.69, 9.17) is 0 Å². The standard InChI is InChI=1S/C12H15F3N2/c13-10-3-1-9(2-4-10)11(12(14)15)17-7-5-16-6-8-17/h1-4,11-12,16H,5-8H2/t11-/m1/s1. The second-order valence-corrected chi connectivity index (χ2v) is 4.12. The fourth-order valence-electron chi connectivity index (χ4n) is 2.14. The van der Waals surface area contributed by atoms with Crippen molar-refractivity contribution in [3.05, 3.63) is 35.6 Å². The van der Waals surface area contributed by atoms with Crippen LogP contribution in [0, 0.1) is 5.82 Å². The van der Waals surface area contributed by atoms with Crippen molar-refractivity contribution in [3.8, 4) is 0 Å². The van der Waals surface area contributed by atoms with Crippen LogP contribution in [-0.4, -0.2) is 37.5 Å². The van der Waals surface area contributed by atoms with Gasteiger partial charge in [0.05, 0.1) is 6.04 Å². The maximum absolute atomic E-state index is 13.1. The van der Waals surface area contributed by atoms with Crippen LogP contribution in [0.15, 0.2) is 24.3 Å². The predicted octanol–water partition coefficient (Wildman–Crippen LogP) is 2.04. The van der Waals surface area contributed by atoms with Gasteiger partial charge in [0, 0.05) is 26.2 Å². The zero-order valence-electron chi connectivity index (χ0n) is 9.37. The Kier molecular flexibility index (Phi) is 4.02. The minimum Gasteiger partial charge on any atom is -0.314 e. The van der Waals surface area contributed by atoms with E-state index in [1.807, 2.05) is 0 Å². The van der Waals surface area contributed by atoms with E-state index in [1.54, 1.807) is 4.90 Å². The first-order chi connectivity index (χ1) is 8.18. The first-order valence-corrected chi connectivity index (χ1v) is 5.67. The van der Waals surface area contributed by atoms with Gasteiger partial charge in [-0.1, -0.05) is 12.1 Å². The summed E-state index contributed by atoms with van der Waals surface area (Å²) in [5.41, 5.74) is 0.475. The molecule has 0 unspecified atom stereocenters. The van der Waals surface area contributed by atoms with E-state index >= 15 is 0 Å². The average Bonchev–Trinajstić information content (AvgIpc) is 2.33. The Balaban J connectivity index is 2.18. The van der Waals surface area contributed by atoms with Crippen molar-refractivity contribution in [3.63, 3.8) is 0 Å². The number of hydrogen-bond donors (Lipinski definition) is 1. The third kappa shape index (κ3) is 2.98. The van der Waals surface area contributed by atoms with Crippen LogP contribution < -0.4 is 5.32 Å². The Bertz CT molecular complexity index is 347. The van der Waals surface area contributed by atoms with E-state index in [-0.39, 0.29) is 0 Å². The molecule has 2 rings (SSSR count). The van der Waals surface area contributed by atoms with Gasteiger partial charge in [0.2, 0.25) is 0 Å². The van der Waals surface area contributed by atoms with Crippen molar-refractivity contribution < 1.29 is 13.2 Å². The van der Waals surface area contributed by atoms with Crippen molar-refractivity contribution in [2.75, 3.05) is 26.2 Å².